The van der Waals surface area contributed by atoms with Gasteiger partial charge < -0.3 is 10.2 Å². The highest BCUT2D eigenvalue weighted by Gasteiger charge is 2.19. The predicted octanol–water partition coefficient (Wildman–Crippen LogP) is 3.15. The SMILES string of the molecule is CCCNc1ncc(Br)cc1C(=O)N(C)C(C)C. The Morgan fingerprint density at radius 1 is 1.56 bits per heavy atom. The zero-order valence-electron chi connectivity index (χ0n) is 11.3. The van der Waals surface area contributed by atoms with Crippen molar-refractivity contribution in [1.29, 1.82) is 0 Å². The van der Waals surface area contributed by atoms with Crippen LogP contribution in [0.15, 0.2) is 16.7 Å². The Bertz CT molecular complexity index is 421. The number of pyridine rings is 1. The number of nitrogens with zero attached hydrogens (tertiary/aromatic N) is 2. The first-order valence-electron chi connectivity index (χ1n) is 6.14. The van der Waals surface area contributed by atoms with Crippen molar-refractivity contribution in [3.05, 3.63) is 22.3 Å². The molecule has 1 amide bonds. The molecule has 1 N–H and O–H groups in total. The smallest absolute Gasteiger partial charge is 0.257 e. The summed E-state index contributed by atoms with van der Waals surface area (Å²) in [6.45, 7) is 6.86. The third kappa shape index (κ3) is 3.70. The third-order valence-corrected chi connectivity index (χ3v) is 3.16. The lowest BCUT2D eigenvalue weighted by atomic mass is 10.2. The van der Waals surface area contributed by atoms with Crippen molar-refractivity contribution in [2.24, 2.45) is 0 Å². The van der Waals surface area contributed by atoms with Crippen LogP contribution in [0.2, 0.25) is 0 Å². The maximum atomic E-state index is 12.3. The van der Waals surface area contributed by atoms with Crippen molar-refractivity contribution in [3.63, 3.8) is 0 Å². The third-order valence-electron chi connectivity index (χ3n) is 2.72. The molecule has 0 aromatic carbocycles. The minimum Gasteiger partial charge on any atom is -0.369 e. The van der Waals surface area contributed by atoms with Crippen molar-refractivity contribution in [1.82, 2.24) is 9.88 Å². The zero-order chi connectivity index (χ0) is 13.7. The first-order chi connectivity index (χ1) is 8.47. The van der Waals surface area contributed by atoms with Gasteiger partial charge in [-0.3, -0.25) is 4.79 Å². The van der Waals surface area contributed by atoms with E-state index in [9.17, 15) is 4.79 Å². The van der Waals surface area contributed by atoms with Crippen LogP contribution in [0.5, 0.6) is 0 Å². The molecule has 100 valence electrons. The molecule has 1 aromatic heterocycles. The summed E-state index contributed by atoms with van der Waals surface area (Å²) in [6, 6.07) is 1.97. The molecule has 0 aliphatic heterocycles. The van der Waals surface area contributed by atoms with Crippen LogP contribution in [-0.4, -0.2) is 35.4 Å². The van der Waals surface area contributed by atoms with Crippen LogP contribution in [0.25, 0.3) is 0 Å². The highest BCUT2D eigenvalue weighted by molar-refractivity contribution is 9.10. The van der Waals surface area contributed by atoms with Gasteiger partial charge in [0.1, 0.15) is 5.82 Å². The minimum absolute atomic E-state index is 0.0163. The van der Waals surface area contributed by atoms with Crippen LogP contribution in [0, 0.1) is 0 Å². The van der Waals surface area contributed by atoms with Gasteiger partial charge >= 0.3 is 0 Å². The number of amides is 1. The van der Waals surface area contributed by atoms with E-state index in [1.54, 1.807) is 18.1 Å². The molecule has 1 rings (SSSR count). The molecule has 5 heteroatoms. The molecule has 0 fully saturated rings. The highest BCUT2D eigenvalue weighted by Crippen LogP contribution is 2.20. The van der Waals surface area contributed by atoms with Gasteiger partial charge in [0.05, 0.1) is 5.56 Å². The fourth-order valence-electron chi connectivity index (χ4n) is 1.41. The number of hydrogen-bond acceptors (Lipinski definition) is 3. The number of carbonyl (C=O) groups is 1. The maximum Gasteiger partial charge on any atom is 0.257 e. The van der Waals surface area contributed by atoms with E-state index >= 15 is 0 Å². The lowest BCUT2D eigenvalue weighted by Crippen LogP contribution is -2.33. The van der Waals surface area contributed by atoms with E-state index in [0.29, 0.717) is 11.4 Å². The lowest BCUT2D eigenvalue weighted by Gasteiger charge is -2.22. The molecule has 0 saturated heterocycles. The largest absolute Gasteiger partial charge is 0.369 e. The number of nitrogens with one attached hydrogen (secondary N) is 1. The Morgan fingerprint density at radius 3 is 2.78 bits per heavy atom. The number of aromatic nitrogens is 1. The summed E-state index contributed by atoms with van der Waals surface area (Å²) in [7, 11) is 1.80. The van der Waals surface area contributed by atoms with E-state index in [4.69, 9.17) is 0 Å². The Balaban J connectivity index is 3.04. The van der Waals surface area contributed by atoms with E-state index in [2.05, 4.69) is 33.2 Å². The summed E-state index contributed by atoms with van der Waals surface area (Å²) < 4.78 is 0.810. The summed E-state index contributed by atoms with van der Waals surface area (Å²) in [5.41, 5.74) is 0.606. The van der Waals surface area contributed by atoms with Crippen molar-refractivity contribution in [2.45, 2.75) is 33.2 Å². The Morgan fingerprint density at radius 2 is 2.22 bits per heavy atom. The van der Waals surface area contributed by atoms with Gasteiger partial charge in [0.15, 0.2) is 0 Å². The number of carbonyl (C=O) groups excluding carboxylic acids is 1. The van der Waals surface area contributed by atoms with Crippen molar-refractivity contribution in [3.8, 4) is 0 Å². The minimum atomic E-state index is -0.0163. The molecule has 0 bridgehead atoms. The van der Waals surface area contributed by atoms with Crippen LogP contribution in [0.3, 0.4) is 0 Å². The van der Waals surface area contributed by atoms with Gasteiger partial charge in [0.2, 0.25) is 0 Å². The monoisotopic (exact) mass is 313 g/mol. The molecule has 0 aliphatic rings. The molecule has 18 heavy (non-hydrogen) atoms. The maximum absolute atomic E-state index is 12.3. The Kier molecular flexibility index (Phi) is 5.59. The molecule has 0 unspecified atom stereocenters. The molecule has 4 nitrogen and oxygen atoms in total. The van der Waals surface area contributed by atoms with E-state index < -0.39 is 0 Å². The van der Waals surface area contributed by atoms with E-state index in [0.717, 1.165) is 17.4 Å². The quantitative estimate of drug-likeness (QED) is 0.908. The van der Waals surface area contributed by atoms with Gasteiger partial charge in [-0.2, -0.15) is 0 Å². The average molecular weight is 314 g/mol. The van der Waals surface area contributed by atoms with Crippen LogP contribution in [0.1, 0.15) is 37.6 Å². The highest BCUT2D eigenvalue weighted by atomic mass is 79.9. The molecule has 1 heterocycles. The van der Waals surface area contributed by atoms with Crippen molar-refractivity contribution in [2.75, 3.05) is 18.9 Å². The fraction of sp³-hybridized carbons (Fsp3) is 0.538. The second-order valence-electron chi connectivity index (χ2n) is 4.49. The first kappa shape index (κ1) is 15.0. The second kappa shape index (κ2) is 6.73. The number of rotatable bonds is 5. The van der Waals surface area contributed by atoms with Crippen LogP contribution >= 0.6 is 15.9 Å². The molecular weight excluding hydrogens is 294 g/mol. The summed E-state index contributed by atoms with van der Waals surface area (Å²) in [5, 5.41) is 3.19. The van der Waals surface area contributed by atoms with Gasteiger partial charge in [-0.25, -0.2) is 4.98 Å². The molecule has 0 atom stereocenters. The van der Waals surface area contributed by atoms with Crippen molar-refractivity contribution >= 4 is 27.7 Å². The summed E-state index contributed by atoms with van der Waals surface area (Å²) >= 11 is 3.36. The molecule has 0 radical (unpaired) electrons. The topological polar surface area (TPSA) is 45.2 Å². The van der Waals surface area contributed by atoms with Crippen LogP contribution in [-0.2, 0) is 0 Å². The summed E-state index contributed by atoms with van der Waals surface area (Å²) in [5.74, 6) is 0.634. The van der Waals surface area contributed by atoms with E-state index in [-0.39, 0.29) is 11.9 Å². The lowest BCUT2D eigenvalue weighted by molar-refractivity contribution is 0.0755. The normalized spacial score (nSPS) is 10.6. The fourth-order valence-corrected chi connectivity index (χ4v) is 1.74. The summed E-state index contributed by atoms with van der Waals surface area (Å²) in [4.78, 5) is 18.3. The van der Waals surface area contributed by atoms with Gasteiger partial charge in [-0.1, -0.05) is 6.92 Å². The molecular formula is C13H20BrN3O. The van der Waals surface area contributed by atoms with Crippen molar-refractivity contribution < 1.29 is 4.79 Å². The molecule has 0 saturated carbocycles. The Hall–Kier alpha value is -1.10. The van der Waals surface area contributed by atoms with Crippen LogP contribution in [0.4, 0.5) is 5.82 Å². The standard InChI is InChI=1S/C13H20BrN3O/c1-5-6-15-12-11(7-10(14)8-16-12)13(18)17(4)9(2)3/h7-9H,5-6H2,1-4H3,(H,15,16). The van der Waals surface area contributed by atoms with Gasteiger partial charge in [0, 0.05) is 30.3 Å². The molecule has 0 spiro atoms. The van der Waals surface area contributed by atoms with E-state index in [1.807, 2.05) is 19.9 Å². The van der Waals surface area contributed by atoms with Gasteiger partial charge in [-0.15, -0.1) is 0 Å². The molecule has 1 aromatic rings. The average Bonchev–Trinajstić information content (AvgIpc) is 2.35. The van der Waals surface area contributed by atoms with Gasteiger partial charge in [-0.05, 0) is 42.3 Å². The Labute approximate surface area is 117 Å². The second-order valence-corrected chi connectivity index (χ2v) is 5.40. The van der Waals surface area contributed by atoms with Crippen LogP contribution < -0.4 is 5.32 Å². The number of anilines is 1. The summed E-state index contributed by atoms with van der Waals surface area (Å²) in [6.07, 6.45) is 2.69. The first-order valence-corrected chi connectivity index (χ1v) is 6.93. The zero-order valence-corrected chi connectivity index (χ0v) is 12.9. The van der Waals surface area contributed by atoms with Gasteiger partial charge in [0.25, 0.3) is 5.91 Å². The van der Waals surface area contributed by atoms with E-state index in [1.165, 1.54) is 0 Å². The molecule has 0 aliphatic carbocycles. The number of halogens is 1. The predicted molar refractivity (Wildman–Crippen MR) is 77.9 cm³/mol. The number of hydrogen-bond donors (Lipinski definition) is 1.